The van der Waals surface area contributed by atoms with Crippen molar-refractivity contribution in [3.05, 3.63) is 20.8 Å². The van der Waals surface area contributed by atoms with Crippen LogP contribution in [0.4, 0.5) is 0 Å². The van der Waals surface area contributed by atoms with E-state index >= 15 is 0 Å². The van der Waals surface area contributed by atoms with Crippen LogP contribution in [0.5, 0.6) is 0 Å². The first-order valence-electron chi connectivity index (χ1n) is 6.54. The van der Waals surface area contributed by atoms with Gasteiger partial charge in [0.2, 0.25) is 15.0 Å². The Bertz CT molecular complexity index is 931. The van der Waals surface area contributed by atoms with Gasteiger partial charge in [0.15, 0.2) is 11.2 Å². The lowest BCUT2D eigenvalue weighted by Gasteiger charge is -2.12. The normalized spacial score (nSPS) is 12.5. The molecule has 2 aromatic heterocycles. The van der Waals surface area contributed by atoms with Crippen LogP contribution in [0.1, 0.15) is 26.8 Å². The van der Waals surface area contributed by atoms with Gasteiger partial charge in [0.05, 0.1) is 5.75 Å². The van der Waals surface area contributed by atoms with Crippen molar-refractivity contribution in [3.8, 4) is 0 Å². The van der Waals surface area contributed by atoms with Crippen LogP contribution >= 0.6 is 0 Å². The summed E-state index contributed by atoms with van der Waals surface area (Å²) in [5.41, 5.74) is -0.876. The standard InChI is InChI=1S/C12H18N4O4S/c1-6-21(19,20)11-13-9-8(16(11)7(2)3)10(17)15(5)12(18)14(9)4/h7H,6H2,1-5H3. The zero-order chi connectivity index (χ0) is 16.1. The first-order chi connectivity index (χ1) is 9.63. The highest BCUT2D eigenvalue weighted by molar-refractivity contribution is 7.91. The lowest BCUT2D eigenvalue weighted by molar-refractivity contribution is 0.530. The highest BCUT2D eigenvalue weighted by atomic mass is 32.2. The Hall–Kier alpha value is -1.90. The molecule has 0 aromatic carbocycles. The molecule has 0 aliphatic rings. The molecule has 0 fully saturated rings. The minimum absolute atomic E-state index is 0.0869. The zero-order valence-corrected chi connectivity index (χ0v) is 13.4. The van der Waals surface area contributed by atoms with E-state index in [1.165, 1.54) is 30.2 Å². The molecule has 0 unspecified atom stereocenters. The van der Waals surface area contributed by atoms with Gasteiger partial charge in [-0.15, -0.1) is 0 Å². The van der Waals surface area contributed by atoms with Crippen LogP contribution in [0.2, 0.25) is 0 Å². The molecule has 2 rings (SSSR count). The van der Waals surface area contributed by atoms with Gasteiger partial charge < -0.3 is 4.57 Å². The molecule has 2 heterocycles. The van der Waals surface area contributed by atoms with Crippen LogP contribution in [0.25, 0.3) is 11.2 Å². The molecular formula is C12H18N4O4S. The fraction of sp³-hybridized carbons (Fsp3) is 0.583. The first-order valence-corrected chi connectivity index (χ1v) is 8.19. The van der Waals surface area contributed by atoms with E-state index in [9.17, 15) is 18.0 Å². The van der Waals surface area contributed by atoms with E-state index in [0.29, 0.717) is 0 Å². The van der Waals surface area contributed by atoms with Gasteiger partial charge in [-0.2, -0.15) is 4.98 Å². The van der Waals surface area contributed by atoms with Crippen LogP contribution in [-0.4, -0.2) is 32.9 Å². The van der Waals surface area contributed by atoms with Crippen molar-refractivity contribution >= 4 is 21.0 Å². The van der Waals surface area contributed by atoms with Crippen LogP contribution in [0.3, 0.4) is 0 Å². The summed E-state index contributed by atoms with van der Waals surface area (Å²) in [7, 11) is -0.787. The fourth-order valence-electron chi connectivity index (χ4n) is 2.22. The van der Waals surface area contributed by atoms with Crippen molar-refractivity contribution in [2.45, 2.75) is 32.0 Å². The molecule has 0 aliphatic heterocycles. The quantitative estimate of drug-likeness (QED) is 0.782. The molecule has 0 N–H and O–H groups in total. The van der Waals surface area contributed by atoms with Gasteiger partial charge in [-0.1, -0.05) is 6.92 Å². The third-order valence-electron chi connectivity index (χ3n) is 3.43. The molecule has 9 heteroatoms. The zero-order valence-electron chi connectivity index (χ0n) is 12.6. The summed E-state index contributed by atoms with van der Waals surface area (Å²) in [6.07, 6.45) is 0. The molecule has 8 nitrogen and oxygen atoms in total. The van der Waals surface area contributed by atoms with Crippen molar-refractivity contribution in [2.24, 2.45) is 14.1 Å². The van der Waals surface area contributed by atoms with E-state index in [0.717, 1.165) is 4.57 Å². The van der Waals surface area contributed by atoms with Gasteiger partial charge in [-0.3, -0.25) is 13.9 Å². The molecule has 0 aliphatic carbocycles. The van der Waals surface area contributed by atoms with E-state index in [1.807, 2.05) is 0 Å². The van der Waals surface area contributed by atoms with Crippen molar-refractivity contribution in [3.63, 3.8) is 0 Å². The average Bonchev–Trinajstić information content (AvgIpc) is 2.84. The van der Waals surface area contributed by atoms with E-state index in [2.05, 4.69) is 4.98 Å². The van der Waals surface area contributed by atoms with E-state index in [4.69, 9.17) is 0 Å². The predicted molar refractivity (Wildman–Crippen MR) is 78.3 cm³/mol. The highest BCUT2D eigenvalue weighted by Gasteiger charge is 2.27. The molecule has 116 valence electrons. The molecule has 0 atom stereocenters. The maximum absolute atomic E-state index is 12.3. The number of hydrogen-bond acceptors (Lipinski definition) is 5. The maximum atomic E-state index is 12.3. The maximum Gasteiger partial charge on any atom is 0.332 e. The number of nitrogens with zero attached hydrogens (tertiary/aromatic N) is 4. The number of sulfone groups is 1. The number of aryl methyl sites for hydroxylation is 1. The van der Waals surface area contributed by atoms with Crippen molar-refractivity contribution in [1.29, 1.82) is 0 Å². The molecule has 0 bridgehead atoms. The summed E-state index contributed by atoms with van der Waals surface area (Å²) in [6.45, 7) is 5.04. The SMILES string of the molecule is CCS(=O)(=O)c1nc2c(c(=O)n(C)c(=O)n2C)n1C(C)C. The number of aromatic nitrogens is 4. The molecule has 0 saturated heterocycles. The van der Waals surface area contributed by atoms with Gasteiger partial charge in [0, 0.05) is 20.1 Å². The minimum Gasteiger partial charge on any atom is -0.306 e. The summed E-state index contributed by atoms with van der Waals surface area (Å²) in [4.78, 5) is 28.4. The lowest BCUT2D eigenvalue weighted by atomic mass is 10.4. The Kier molecular flexibility index (Phi) is 3.56. The number of fused-ring (bicyclic) bond motifs is 1. The molecule has 21 heavy (non-hydrogen) atoms. The van der Waals surface area contributed by atoms with Crippen molar-refractivity contribution < 1.29 is 8.42 Å². The molecule has 0 spiro atoms. The minimum atomic E-state index is -3.61. The largest absolute Gasteiger partial charge is 0.332 e. The third-order valence-corrected chi connectivity index (χ3v) is 5.04. The lowest BCUT2D eigenvalue weighted by Crippen LogP contribution is -2.37. The first kappa shape index (κ1) is 15.5. The summed E-state index contributed by atoms with van der Waals surface area (Å²) in [5.74, 6) is -0.128. The van der Waals surface area contributed by atoms with Gasteiger partial charge in [-0.25, -0.2) is 13.2 Å². The topological polar surface area (TPSA) is 96.0 Å². The molecule has 0 saturated carbocycles. The average molecular weight is 314 g/mol. The van der Waals surface area contributed by atoms with Gasteiger partial charge >= 0.3 is 5.69 Å². The smallest absolute Gasteiger partial charge is 0.306 e. The van der Waals surface area contributed by atoms with Crippen molar-refractivity contribution in [2.75, 3.05) is 5.75 Å². The van der Waals surface area contributed by atoms with Crippen molar-refractivity contribution in [1.82, 2.24) is 18.7 Å². The highest BCUT2D eigenvalue weighted by Crippen LogP contribution is 2.21. The van der Waals surface area contributed by atoms with Crippen LogP contribution < -0.4 is 11.2 Å². The number of rotatable bonds is 3. The second kappa shape index (κ2) is 4.83. The van der Waals surface area contributed by atoms with E-state index in [-0.39, 0.29) is 28.1 Å². The molecule has 2 aromatic rings. The molecular weight excluding hydrogens is 296 g/mol. The second-order valence-corrected chi connectivity index (χ2v) is 7.31. The Balaban J connectivity index is 3.17. The van der Waals surface area contributed by atoms with Gasteiger partial charge in [0.25, 0.3) is 5.56 Å². The Morgan fingerprint density at radius 3 is 2.19 bits per heavy atom. The summed E-state index contributed by atoms with van der Waals surface area (Å²) in [6, 6.07) is -0.281. The molecule has 0 radical (unpaired) electrons. The summed E-state index contributed by atoms with van der Waals surface area (Å²) >= 11 is 0. The van der Waals surface area contributed by atoms with Crippen LogP contribution in [0, 0.1) is 0 Å². The second-order valence-electron chi connectivity index (χ2n) is 5.14. The summed E-state index contributed by atoms with van der Waals surface area (Å²) in [5, 5.41) is -0.173. The van der Waals surface area contributed by atoms with E-state index in [1.54, 1.807) is 13.8 Å². The van der Waals surface area contributed by atoms with Gasteiger partial charge in [0.1, 0.15) is 0 Å². The molecule has 0 amide bonds. The summed E-state index contributed by atoms with van der Waals surface area (Å²) < 4.78 is 27.9. The Labute approximate surface area is 121 Å². The van der Waals surface area contributed by atoms with Crippen LogP contribution in [-0.2, 0) is 23.9 Å². The van der Waals surface area contributed by atoms with Gasteiger partial charge in [-0.05, 0) is 13.8 Å². The number of imidazole rings is 1. The predicted octanol–water partition coefficient (Wildman–Crippen LogP) is -0.192. The Morgan fingerprint density at radius 1 is 1.14 bits per heavy atom. The van der Waals surface area contributed by atoms with Crippen LogP contribution in [0.15, 0.2) is 14.7 Å². The third kappa shape index (κ3) is 2.11. The number of hydrogen-bond donors (Lipinski definition) is 0. The fourth-order valence-corrected chi connectivity index (χ4v) is 3.31. The van der Waals surface area contributed by atoms with E-state index < -0.39 is 21.1 Å². The Morgan fingerprint density at radius 2 is 1.71 bits per heavy atom. The monoisotopic (exact) mass is 314 g/mol.